The highest BCUT2D eigenvalue weighted by Crippen LogP contribution is 2.31. The third-order valence-corrected chi connectivity index (χ3v) is 6.97. The van der Waals surface area contributed by atoms with Crippen LogP contribution in [0.2, 0.25) is 0 Å². The van der Waals surface area contributed by atoms with E-state index in [0.29, 0.717) is 9.24 Å². The van der Waals surface area contributed by atoms with Gasteiger partial charge in [0.05, 0.1) is 10.7 Å². The second kappa shape index (κ2) is 11.8. The lowest BCUT2D eigenvalue weighted by Gasteiger charge is -2.12. The van der Waals surface area contributed by atoms with Crippen LogP contribution in [0.15, 0.2) is 33.8 Å². The van der Waals surface area contributed by atoms with Gasteiger partial charge in [0.25, 0.3) is 11.1 Å². The normalized spacial score (nSPS) is 15.0. The van der Waals surface area contributed by atoms with Crippen LogP contribution >= 0.6 is 34.9 Å². The van der Waals surface area contributed by atoms with Gasteiger partial charge in [0.2, 0.25) is 11.0 Å². The predicted molar refractivity (Wildman–Crippen MR) is 124 cm³/mol. The van der Waals surface area contributed by atoms with Crippen molar-refractivity contribution in [2.24, 2.45) is 0 Å². The molecule has 0 radical (unpaired) electrons. The zero-order valence-electron chi connectivity index (χ0n) is 16.9. The molecule has 0 aliphatic carbocycles. The van der Waals surface area contributed by atoms with Crippen LogP contribution in [0, 0.1) is 0 Å². The second-order valence-corrected chi connectivity index (χ2v) is 9.60. The van der Waals surface area contributed by atoms with Crippen molar-refractivity contribution in [1.29, 1.82) is 0 Å². The van der Waals surface area contributed by atoms with Crippen molar-refractivity contribution in [1.82, 2.24) is 25.4 Å². The number of nitrogens with zero attached hydrogens (tertiary/aromatic N) is 4. The largest absolute Gasteiger partial charge is 0.360 e. The van der Waals surface area contributed by atoms with Gasteiger partial charge in [-0.05, 0) is 35.9 Å². The summed E-state index contributed by atoms with van der Waals surface area (Å²) < 4.78 is 0.709. The molecule has 2 N–H and O–H groups in total. The Morgan fingerprint density at radius 2 is 2.16 bits per heavy atom. The SMILES string of the molecule is CCCCNc1nnc(SCC(=O)NCCN2C(=O)S/C(=C\c3cccnc3)C2=O)s1. The lowest BCUT2D eigenvalue weighted by Crippen LogP contribution is -2.37. The Morgan fingerprint density at radius 3 is 2.94 bits per heavy atom. The maximum atomic E-state index is 12.5. The number of carbonyl (C=O) groups is 3. The summed E-state index contributed by atoms with van der Waals surface area (Å²) in [7, 11) is 0. The van der Waals surface area contributed by atoms with Gasteiger partial charge < -0.3 is 10.6 Å². The molecule has 31 heavy (non-hydrogen) atoms. The summed E-state index contributed by atoms with van der Waals surface area (Å²) in [6.07, 6.45) is 7.06. The van der Waals surface area contributed by atoms with E-state index in [9.17, 15) is 14.4 Å². The molecule has 3 amide bonds. The van der Waals surface area contributed by atoms with Crippen molar-refractivity contribution in [3.05, 3.63) is 35.0 Å². The van der Waals surface area contributed by atoms with Crippen LogP contribution in [0.5, 0.6) is 0 Å². The van der Waals surface area contributed by atoms with Crippen molar-refractivity contribution in [3.63, 3.8) is 0 Å². The molecule has 2 aromatic rings. The number of nitrogens with one attached hydrogen (secondary N) is 2. The molecule has 12 heteroatoms. The van der Waals surface area contributed by atoms with Crippen LogP contribution in [0.3, 0.4) is 0 Å². The topological polar surface area (TPSA) is 117 Å². The van der Waals surface area contributed by atoms with E-state index in [2.05, 4.69) is 32.7 Å². The minimum Gasteiger partial charge on any atom is -0.360 e. The molecule has 1 fully saturated rings. The number of aromatic nitrogens is 3. The Kier molecular flexibility index (Phi) is 8.85. The number of imide groups is 1. The first kappa shape index (κ1) is 23.2. The highest BCUT2D eigenvalue weighted by molar-refractivity contribution is 8.18. The van der Waals surface area contributed by atoms with E-state index in [-0.39, 0.29) is 35.9 Å². The van der Waals surface area contributed by atoms with Gasteiger partial charge in [0.1, 0.15) is 0 Å². The molecule has 0 bridgehead atoms. The smallest absolute Gasteiger partial charge is 0.293 e. The summed E-state index contributed by atoms with van der Waals surface area (Å²) in [5.41, 5.74) is 0.749. The number of hydrogen-bond donors (Lipinski definition) is 2. The second-order valence-electron chi connectivity index (χ2n) is 6.41. The average molecular weight is 479 g/mol. The molecule has 1 saturated heterocycles. The lowest BCUT2D eigenvalue weighted by atomic mass is 10.2. The summed E-state index contributed by atoms with van der Waals surface area (Å²) in [5.74, 6) is -0.371. The van der Waals surface area contributed by atoms with Gasteiger partial charge in [-0.25, -0.2) is 0 Å². The van der Waals surface area contributed by atoms with E-state index in [0.717, 1.165) is 46.7 Å². The Bertz CT molecular complexity index is 950. The van der Waals surface area contributed by atoms with Crippen molar-refractivity contribution >= 4 is 63.1 Å². The highest BCUT2D eigenvalue weighted by atomic mass is 32.2. The molecule has 9 nitrogen and oxygen atoms in total. The van der Waals surface area contributed by atoms with Crippen LogP contribution in [-0.2, 0) is 9.59 Å². The van der Waals surface area contributed by atoms with E-state index in [4.69, 9.17) is 0 Å². The van der Waals surface area contributed by atoms with E-state index in [1.165, 1.54) is 23.1 Å². The summed E-state index contributed by atoms with van der Waals surface area (Å²) in [4.78, 5) is 42.2. The van der Waals surface area contributed by atoms with Gasteiger partial charge in [0, 0.05) is 32.0 Å². The lowest BCUT2D eigenvalue weighted by molar-refractivity contribution is -0.123. The third-order valence-electron chi connectivity index (χ3n) is 4.05. The number of unbranched alkanes of at least 4 members (excludes halogenated alkanes) is 1. The summed E-state index contributed by atoms with van der Waals surface area (Å²) in [6, 6.07) is 3.57. The number of thioether (sulfide) groups is 2. The monoisotopic (exact) mass is 478 g/mol. The molecule has 2 aromatic heterocycles. The van der Waals surface area contributed by atoms with Crippen LogP contribution in [0.4, 0.5) is 9.93 Å². The van der Waals surface area contributed by atoms with Gasteiger partial charge in [0.15, 0.2) is 4.34 Å². The van der Waals surface area contributed by atoms with Crippen LogP contribution in [0.25, 0.3) is 6.08 Å². The van der Waals surface area contributed by atoms with E-state index in [1.807, 2.05) is 0 Å². The Labute approximate surface area is 192 Å². The molecule has 1 aliphatic heterocycles. The van der Waals surface area contributed by atoms with Crippen molar-refractivity contribution < 1.29 is 14.4 Å². The quantitative estimate of drug-likeness (QED) is 0.285. The number of hydrogen-bond acceptors (Lipinski definition) is 10. The van der Waals surface area contributed by atoms with Gasteiger partial charge in [-0.2, -0.15) is 0 Å². The Balaban J connectivity index is 1.39. The zero-order valence-corrected chi connectivity index (χ0v) is 19.3. The van der Waals surface area contributed by atoms with Crippen LogP contribution in [-0.4, -0.2) is 62.5 Å². The minimum absolute atomic E-state index is 0.121. The summed E-state index contributed by atoms with van der Waals surface area (Å²) in [5, 5.41) is 14.4. The Morgan fingerprint density at radius 1 is 1.29 bits per heavy atom. The molecular formula is C19H22N6O3S3. The first-order valence-corrected chi connectivity index (χ1v) is 12.3. The number of carbonyl (C=O) groups excluding carboxylic acids is 3. The fourth-order valence-electron chi connectivity index (χ4n) is 2.50. The molecule has 0 atom stereocenters. The van der Waals surface area contributed by atoms with Crippen LogP contribution in [0.1, 0.15) is 25.3 Å². The van der Waals surface area contributed by atoms with Crippen molar-refractivity contribution in [3.8, 4) is 0 Å². The summed E-state index contributed by atoms with van der Waals surface area (Å²) in [6.45, 7) is 3.28. The predicted octanol–water partition coefficient (Wildman–Crippen LogP) is 3.09. The maximum Gasteiger partial charge on any atom is 0.293 e. The first-order chi connectivity index (χ1) is 15.1. The van der Waals surface area contributed by atoms with Gasteiger partial charge >= 0.3 is 0 Å². The third kappa shape index (κ3) is 7.04. The van der Waals surface area contributed by atoms with Gasteiger partial charge in [-0.15, -0.1) is 10.2 Å². The van der Waals surface area contributed by atoms with Crippen molar-refractivity contribution in [2.75, 3.05) is 30.7 Å². The zero-order chi connectivity index (χ0) is 22.1. The molecule has 1 aliphatic rings. The first-order valence-electron chi connectivity index (χ1n) is 9.69. The number of rotatable bonds is 11. The molecule has 0 spiro atoms. The highest BCUT2D eigenvalue weighted by Gasteiger charge is 2.34. The molecule has 0 unspecified atom stereocenters. The number of anilines is 1. The standard InChI is InChI=1S/C19H22N6O3S3/c1-2-3-7-22-17-23-24-18(31-17)29-12-15(26)21-8-9-25-16(27)14(30-19(25)28)10-13-5-4-6-20-11-13/h4-6,10-11H,2-3,7-9,12H2,1H3,(H,21,26)(H,22,23)/b14-10-. The van der Waals surface area contributed by atoms with Crippen molar-refractivity contribution in [2.45, 2.75) is 24.1 Å². The molecule has 3 heterocycles. The molecule has 0 saturated carbocycles. The van der Waals surface area contributed by atoms with Gasteiger partial charge in [-0.1, -0.05) is 42.5 Å². The van der Waals surface area contributed by atoms with E-state index >= 15 is 0 Å². The maximum absolute atomic E-state index is 12.5. The average Bonchev–Trinajstić information content (AvgIpc) is 3.32. The van der Waals surface area contributed by atoms with E-state index in [1.54, 1.807) is 30.6 Å². The van der Waals surface area contributed by atoms with Crippen LogP contribution < -0.4 is 10.6 Å². The fourth-order valence-corrected chi connectivity index (χ4v) is 4.98. The number of pyridine rings is 1. The molecule has 164 valence electrons. The van der Waals surface area contributed by atoms with E-state index < -0.39 is 0 Å². The Hall–Kier alpha value is -2.44. The fraction of sp³-hybridized carbons (Fsp3) is 0.368. The van der Waals surface area contributed by atoms with Gasteiger partial charge in [-0.3, -0.25) is 24.3 Å². The molecule has 3 rings (SSSR count). The molecular weight excluding hydrogens is 456 g/mol. The molecule has 0 aromatic carbocycles. The summed E-state index contributed by atoms with van der Waals surface area (Å²) >= 11 is 3.60. The number of amides is 3. The minimum atomic E-state index is -0.362.